The topological polar surface area (TPSA) is 32.3 Å². The molecule has 124 valence electrons. The lowest BCUT2D eigenvalue weighted by atomic mass is 9.49. The van der Waals surface area contributed by atoms with Gasteiger partial charge in [0.2, 0.25) is 0 Å². The van der Waals surface area contributed by atoms with Crippen molar-refractivity contribution in [3.05, 3.63) is 30.3 Å². The molecular weight excluding hydrogens is 284 g/mol. The average molecular weight is 312 g/mol. The zero-order chi connectivity index (χ0) is 15.9. The summed E-state index contributed by atoms with van der Waals surface area (Å²) in [6.45, 7) is 0.822. The fourth-order valence-electron chi connectivity index (χ4n) is 5.92. The van der Waals surface area contributed by atoms with Gasteiger partial charge in [-0.25, -0.2) is 4.79 Å². The van der Waals surface area contributed by atoms with Crippen LogP contribution in [0.15, 0.2) is 30.3 Å². The Morgan fingerprint density at radius 1 is 1.09 bits per heavy atom. The zero-order valence-corrected chi connectivity index (χ0v) is 14.1. The second kappa shape index (κ2) is 5.85. The van der Waals surface area contributed by atoms with Gasteiger partial charge in [0.05, 0.1) is 0 Å². The van der Waals surface area contributed by atoms with Gasteiger partial charge < -0.3 is 5.32 Å². The normalized spacial score (nSPS) is 34.4. The number of urea groups is 1. The van der Waals surface area contributed by atoms with Gasteiger partial charge in [-0.1, -0.05) is 18.2 Å². The van der Waals surface area contributed by atoms with Crippen molar-refractivity contribution >= 4 is 11.7 Å². The standard InChI is InChI=1S/C20H28N2O/c1-22(18-5-3-2-4-6-18)19(23)21-8-7-20-12-15-9-16(13-20)11-17(10-15)14-20/h2-6,15-17H,7-14H2,1H3,(H,21,23). The molecule has 4 aliphatic carbocycles. The predicted molar refractivity (Wildman–Crippen MR) is 93.5 cm³/mol. The molecule has 4 saturated carbocycles. The van der Waals surface area contributed by atoms with E-state index in [-0.39, 0.29) is 6.03 Å². The van der Waals surface area contributed by atoms with Crippen molar-refractivity contribution in [1.29, 1.82) is 0 Å². The second-order valence-electron chi connectivity index (χ2n) is 8.29. The molecule has 3 nitrogen and oxygen atoms in total. The maximum Gasteiger partial charge on any atom is 0.321 e. The number of carbonyl (C=O) groups is 1. The van der Waals surface area contributed by atoms with E-state index in [9.17, 15) is 4.79 Å². The Kier molecular flexibility index (Phi) is 3.82. The fraction of sp³-hybridized carbons (Fsp3) is 0.650. The average Bonchev–Trinajstić information content (AvgIpc) is 2.53. The molecular formula is C20H28N2O. The SMILES string of the molecule is CN(C(=O)NCCC12CC3CC(CC(C3)C1)C2)c1ccccc1. The first-order valence-electron chi connectivity index (χ1n) is 9.20. The summed E-state index contributed by atoms with van der Waals surface area (Å²) in [6, 6.07) is 9.86. The number of hydrogen-bond acceptors (Lipinski definition) is 1. The summed E-state index contributed by atoms with van der Waals surface area (Å²) in [7, 11) is 1.84. The molecule has 0 spiro atoms. The molecule has 2 amide bonds. The van der Waals surface area contributed by atoms with E-state index in [1.165, 1.54) is 44.9 Å². The lowest BCUT2D eigenvalue weighted by molar-refractivity contribution is -0.0563. The van der Waals surface area contributed by atoms with Crippen LogP contribution in [0.1, 0.15) is 44.9 Å². The van der Waals surface area contributed by atoms with Gasteiger partial charge in [-0.2, -0.15) is 0 Å². The number of amides is 2. The number of carbonyl (C=O) groups excluding carboxylic acids is 1. The molecule has 0 saturated heterocycles. The third-order valence-electron chi connectivity index (χ3n) is 6.54. The minimum Gasteiger partial charge on any atom is -0.338 e. The first kappa shape index (κ1) is 15.0. The Bertz CT molecular complexity index is 533. The predicted octanol–water partition coefficient (Wildman–Crippen LogP) is 4.44. The Labute approximate surface area is 139 Å². The van der Waals surface area contributed by atoms with Gasteiger partial charge in [0.1, 0.15) is 0 Å². The van der Waals surface area contributed by atoms with Gasteiger partial charge in [-0.15, -0.1) is 0 Å². The van der Waals surface area contributed by atoms with Crippen LogP contribution in [0.2, 0.25) is 0 Å². The van der Waals surface area contributed by atoms with Crippen molar-refractivity contribution in [2.24, 2.45) is 23.2 Å². The van der Waals surface area contributed by atoms with E-state index in [1.807, 2.05) is 37.4 Å². The smallest absolute Gasteiger partial charge is 0.321 e. The molecule has 0 aliphatic heterocycles. The third kappa shape index (κ3) is 2.98. The number of rotatable bonds is 4. The van der Waals surface area contributed by atoms with Gasteiger partial charge in [-0.3, -0.25) is 4.90 Å². The van der Waals surface area contributed by atoms with Crippen molar-refractivity contribution in [3.63, 3.8) is 0 Å². The van der Waals surface area contributed by atoms with Gasteiger partial charge >= 0.3 is 6.03 Å². The van der Waals surface area contributed by atoms with Crippen molar-refractivity contribution in [2.75, 3.05) is 18.5 Å². The van der Waals surface area contributed by atoms with E-state index in [1.54, 1.807) is 4.90 Å². The molecule has 1 aromatic carbocycles. The first-order chi connectivity index (χ1) is 11.1. The van der Waals surface area contributed by atoms with Crippen LogP contribution in [-0.2, 0) is 0 Å². The monoisotopic (exact) mass is 312 g/mol. The lowest BCUT2D eigenvalue weighted by Gasteiger charge is -2.57. The van der Waals surface area contributed by atoms with Crippen molar-refractivity contribution in [3.8, 4) is 0 Å². The molecule has 0 aromatic heterocycles. The Morgan fingerprint density at radius 2 is 1.65 bits per heavy atom. The summed E-state index contributed by atoms with van der Waals surface area (Å²) < 4.78 is 0. The second-order valence-corrected chi connectivity index (χ2v) is 8.29. The highest BCUT2D eigenvalue weighted by Gasteiger charge is 2.50. The minimum absolute atomic E-state index is 0.0147. The van der Waals surface area contributed by atoms with Crippen LogP contribution in [0, 0.1) is 23.2 Å². The summed E-state index contributed by atoms with van der Waals surface area (Å²) in [5, 5.41) is 3.14. The molecule has 0 radical (unpaired) electrons. The molecule has 1 N–H and O–H groups in total. The molecule has 0 atom stereocenters. The number of nitrogens with zero attached hydrogens (tertiary/aromatic N) is 1. The largest absolute Gasteiger partial charge is 0.338 e. The molecule has 4 bridgehead atoms. The molecule has 5 rings (SSSR count). The summed E-state index contributed by atoms with van der Waals surface area (Å²) in [6.07, 6.45) is 9.90. The van der Waals surface area contributed by atoms with Crippen molar-refractivity contribution < 1.29 is 4.79 Å². The number of benzene rings is 1. The maximum absolute atomic E-state index is 12.3. The highest BCUT2D eigenvalue weighted by atomic mass is 16.2. The number of para-hydroxylation sites is 1. The van der Waals surface area contributed by atoms with Crippen LogP contribution in [0.4, 0.5) is 10.5 Å². The molecule has 4 aliphatic rings. The van der Waals surface area contributed by atoms with E-state index < -0.39 is 0 Å². The lowest BCUT2D eigenvalue weighted by Crippen LogP contribution is -2.48. The van der Waals surface area contributed by atoms with Crippen LogP contribution in [0.5, 0.6) is 0 Å². The summed E-state index contributed by atoms with van der Waals surface area (Å²) in [5.41, 5.74) is 1.49. The van der Waals surface area contributed by atoms with Crippen molar-refractivity contribution in [2.45, 2.75) is 44.9 Å². The van der Waals surface area contributed by atoms with Gasteiger partial charge in [-0.05, 0) is 80.2 Å². The molecule has 4 fully saturated rings. The highest BCUT2D eigenvalue weighted by molar-refractivity contribution is 5.91. The first-order valence-corrected chi connectivity index (χ1v) is 9.20. The third-order valence-corrected chi connectivity index (χ3v) is 6.54. The zero-order valence-electron chi connectivity index (χ0n) is 14.1. The van der Waals surface area contributed by atoms with Gasteiger partial charge in [0, 0.05) is 19.3 Å². The number of hydrogen-bond donors (Lipinski definition) is 1. The minimum atomic E-state index is 0.0147. The number of nitrogens with one attached hydrogen (secondary N) is 1. The maximum atomic E-state index is 12.3. The molecule has 3 heteroatoms. The molecule has 23 heavy (non-hydrogen) atoms. The van der Waals surface area contributed by atoms with Crippen LogP contribution >= 0.6 is 0 Å². The summed E-state index contributed by atoms with van der Waals surface area (Å²) in [5.74, 6) is 2.97. The Morgan fingerprint density at radius 3 is 2.22 bits per heavy atom. The van der Waals surface area contributed by atoms with Crippen LogP contribution in [0.3, 0.4) is 0 Å². The van der Waals surface area contributed by atoms with Crippen molar-refractivity contribution in [1.82, 2.24) is 5.32 Å². The molecule has 0 unspecified atom stereocenters. The fourth-order valence-corrected chi connectivity index (χ4v) is 5.92. The van der Waals surface area contributed by atoms with Crippen LogP contribution < -0.4 is 10.2 Å². The van der Waals surface area contributed by atoms with Crippen LogP contribution in [-0.4, -0.2) is 19.6 Å². The Hall–Kier alpha value is -1.51. The molecule has 1 aromatic rings. The summed E-state index contributed by atoms with van der Waals surface area (Å²) in [4.78, 5) is 14.1. The van der Waals surface area contributed by atoms with E-state index in [0.29, 0.717) is 5.41 Å². The van der Waals surface area contributed by atoms with Gasteiger partial charge in [0.25, 0.3) is 0 Å². The summed E-state index contributed by atoms with van der Waals surface area (Å²) >= 11 is 0. The van der Waals surface area contributed by atoms with E-state index in [2.05, 4.69) is 5.32 Å². The van der Waals surface area contributed by atoms with E-state index >= 15 is 0 Å². The quantitative estimate of drug-likeness (QED) is 0.876. The Balaban J connectivity index is 1.31. The number of anilines is 1. The van der Waals surface area contributed by atoms with E-state index in [0.717, 1.165) is 30.0 Å². The van der Waals surface area contributed by atoms with Gasteiger partial charge in [0.15, 0.2) is 0 Å². The van der Waals surface area contributed by atoms with Crippen LogP contribution in [0.25, 0.3) is 0 Å². The van der Waals surface area contributed by atoms with E-state index in [4.69, 9.17) is 0 Å². The molecule has 0 heterocycles. The highest BCUT2D eigenvalue weighted by Crippen LogP contribution is 2.61.